The summed E-state index contributed by atoms with van der Waals surface area (Å²) < 4.78 is 34.3. The van der Waals surface area contributed by atoms with Crippen molar-refractivity contribution in [2.75, 3.05) is 5.32 Å². The third kappa shape index (κ3) is 3.57. The molecule has 0 fully saturated rings. The van der Waals surface area contributed by atoms with E-state index in [1.807, 2.05) is 0 Å². The number of pyridine rings is 1. The Morgan fingerprint density at radius 1 is 1.08 bits per heavy atom. The average molecular weight is 335 g/mol. The summed E-state index contributed by atoms with van der Waals surface area (Å²) in [5, 5.41) is 4.68. The number of amides is 2. The van der Waals surface area contributed by atoms with E-state index in [0.29, 0.717) is 5.69 Å². The van der Waals surface area contributed by atoms with Crippen molar-refractivity contribution in [2.24, 2.45) is 0 Å². The summed E-state index contributed by atoms with van der Waals surface area (Å²) in [7, 11) is 0. The highest BCUT2D eigenvalue weighted by atomic mass is 19.3. The maximum atomic E-state index is 12.9. The van der Waals surface area contributed by atoms with Crippen molar-refractivity contribution in [2.45, 2.75) is 12.8 Å². The molecule has 0 radical (unpaired) electrons. The van der Waals surface area contributed by atoms with Gasteiger partial charge in [-0.3, -0.25) is 14.6 Å². The summed E-state index contributed by atoms with van der Waals surface area (Å²) in [6.07, 6.45) is -2.19. The minimum atomic E-state index is -3.75. The third-order valence-electron chi connectivity index (χ3n) is 3.02. The minimum absolute atomic E-state index is 0.0838. The molecule has 1 aliphatic rings. The van der Waals surface area contributed by atoms with Crippen LogP contribution in [0.4, 0.5) is 14.5 Å². The van der Waals surface area contributed by atoms with Gasteiger partial charge in [0.15, 0.2) is 11.5 Å². The molecule has 1 aromatic heterocycles. The fourth-order valence-electron chi connectivity index (χ4n) is 1.97. The summed E-state index contributed by atoms with van der Waals surface area (Å²) in [6, 6.07) is 8.82. The number of nitrogens with one attached hydrogen (secondary N) is 2. The molecule has 0 bridgehead atoms. The zero-order valence-electron chi connectivity index (χ0n) is 12.1. The Morgan fingerprint density at radius 2 is 1.88 bits per heavy atom. The normalized spacial score (nSPS) is 14.1. The molecular weight excluding hydrogens is 324 g/mol. The fraction of sp³-hybridized carbons (Fsp3) is 0.133. The van der Waals surface area contributed by atoms with Crippen LogP contribution in [0, 0.1) is 0 Å². The van der Waals surface area contributed by atoms with Gasteiger partial charge in [-0.1, -0.05) is 6.07 Å². The van der Waals surface area contributed by atoms with E-state index in [2.05, 4.69) is 25.1 Å². The van der Waals surface area contributed by atoms with Gasteiger partial charge < -0.3 is 20.1 Å². The number of hydrogen-bond acceptors (Lipinski definition) is 5. The number of carbonyl (C=O) groups excluding carboxylic acids is 2. The lowest BCUT2D eigenvalue weighted by atomic mass is 10.2. The first-order valence-electron chi connectivity index (χ1n) is 6.82. The van der Waals surface area contributed by atoms with E-state index >= 15 is 0 Å². The predicted octanol–water partition coefficient (Wildman–Crippen LogP) is 1.66. The van der Waals surface area contributed by atoms with Gasteiger partial charge in [0.2, 0.25) is 0 Å². The number of aromatic nitrogens is 1. The molecule has 2 aromatic rings. The Morgan fingerprint density at radius 3 is 2.62 bits per heavy atom. The lowest BCUT2D eigenvalue weighted by molar-refractivity contribution is -0.286. The van der Waals surface area contributed by atoms with Crippen molar-refractivity contribution >= 4 is 17.5 Å². The molecule has 24 heavy (non-hydrogen) atoms. The molecule has 2 N–H and O–H groups in total. The Labute approximate surface area is 134 Å². The molecule has 0 spiro atoms. The number of anilines is 1. The van der Waals surface area contributed by atoms with E-state index in [-0.39, 0.29) is 23.7 Å². The molecule has 0 saturated carbocycles. The summed E-state index contributed by atoms with van der Waals surface area (Å²) in [5.41, 5.74) is 0.706. The number of benzene rings is 1. The highest BCUT2D eigenvalue weighted by Crippen LogP contribution is 2.42. The van der Waals surface area contributed by atoms with Gasteiger partial charge in [0.1, 0.15) is 0 Å². The first-order valence-corrected chi connectivity index (χ1v) is 6.82. The molecule has 0 atom stereocenters. The Balaban J connectivity index is 1.58. The molecule has 124 valence electrons. The molecule has 0 unspecified atom stereocenters. The van der Waals surface area contributed by atoms with Crippen molar-refractivity contribution in [1.82, 2.24) is 10.3 Å². The van der Waals surface area contributed by atoms with Crippen LogP contribution in [0.15, 0.2) is 42.6 Å². The van der Waals surface area contributed by atoms with Crippen molar-refractivity contribution in [3.05, 3.63) is 48.3 Å². The summed E-state index contributed by atoms with van der Waals surface area (Å²) >= 11 is 0. The van der Waals surface area contributed by atoms with Crippen LogP contribution < -0.4 is 20.1 Å². The van der Waals surface area contributed by atoms with E-state index < -0.39 is 18.1 Å². The quantitative estimate of drug-likeness (QED) is 0.833. The zero-order chi connectivity index (χ0) is 17.2. The number of rotatable bonds is 3. The van der Waals surface area contributed by atoms with E-state index in [0.717, 1.165) is 6.07 Å². The van der Waals surface area contributed by atoms with Crippen LogP contribution >= 0.6 is 0 Å². The smallest absolute Gasteiger partial charge is 0.395 e. The Hall–Kier alpha value is -3.23. The lowest BCUT2D eigenvalue weighted by Crippen LogP contribution is -2.35. The molecular formula is C15H11F2N3O4. The van der Waals surface area contributed by atoms with Crippen LogP contribution in [0.3, 0.4) is 0 Å². The maximum Gasteiger partial charge on any atom is 0.586 e. The fourth-order valence-corrected chi connectivity index (χ4v) is 1.97. The minimum Gasteiger partial charge on any atom is -0.395 e. The second kappa shape index (κ2) is 6.11. The van der Waals surface area contributed by atoms with Crippen LogP contribution in [0.2, 0.25) is 0 Å². The van der Waals surface area contributed by atoms with Crippen LogP contribution in [0.5, 0.6) is 11.5 Å². The van der Waals surface area contributed by atoms with Gasteiger partial charge in [-0.05, 0) is 24.3 Å². The Bertz CT molecular complexity index is 784. The van der Waals surface area contributed by atoms with E-state index in [9.17, 15) is 18.4 Å². The van der Waals surface area contributed by atoms with E-state index in [1.54, 1.807) is 24.4 Å². The van der Waals surface area contributed by atoms with Crippen LogP contribution in [0.1, 0.15) is 5.69 Å². The number of carbonyl (C=O) groups is 2. The second-order valence-corrected chi connectivity index (χ2v) is 4.79. The first-order chi connectivity index (χ1) is 11.4. The number of hydrogen-bond donors (Lipinski definition) is 2. The van der Waals surface area contributed by atoms with Crippen molar-refractivity contribution in [1.29, 1.82) is 0 Å². The molecule has 0 aliphatic carbocycles. The molecule has 1 aliphatic heterocycles. The maximum absolute atomic E-state index is 12.9. The third-order valence-corrected chi connectivity index (χ3v) is 3.02. The van der Waals surface area contributed by atoms with Gasteiger partial charge in [-0.25, -0.2) is 0 Å². The predicted molar refractivity (Wildman–Crippen MR) is 77.4 cm³/mol. The molecule has 9 heteroatoms. The molecule has 2 amide bonds. The zero-order valence-corrected chi connectivity index (χ0v) is 12.1. The number of alkyl halides is 2. The van der Waals surface area contributed by atoms with Crippen LogP contribution in [0.25, 0.3) is 0 Å². The van der Waals surface area contributed by atoms with Gasteiger partial charge in [-0.2, -0.15) is 0 Å². The van der Waals surface area contributed by atoms with Crippen molar-refractivity contribution in [3.8, 4) is 11.5 Å². The van der Waals surface area contributed by atoms with Crippen LogP contribution in [-0.2, 0) is 16.1 Å². The summed E-state index contributed by atoms with van der Waals surface area (Å²) in [5.74, 6) is -2.22. The second-order valence-electron chi connectivity index (χ2n) is 4.79. The number of ether oxygens (including phenoxy) is 2. The largest absolute Gasteiger partial charge is 0.586 e. The lowest BCUT2D eigenvalue weighted by Gasteiger charge is -2.07. The monoisotopic (exact) mass is 335 g/mol. The highest BCUT2D eigenvalue weighted by molar-refractivity contribution is 6.39. The highest BCUT2D eigenvalue weighted by Gasteiger charge is 2.43. The number of fused-ring (bicyclic) bond motifs is 1. The molecule has 3 rings (SSSR count). The van der Waals surface area contributed by atoms with Gasteiger partial charge in [0, 0.05) is 18.0 Å². The average Bonchev–Trinajstić information content (AvgIpc) is 2.86. The van der Waals surface area contributed by atoms with Gasteiger partial charge in [0.05, 0.1) is 12.2 Å². The molecule has 2 heterocycles. The summed E-state index contributed by atoms with van der Waals surface area (Å²) in [6.45, 7) is 0.0838. The van der Waals surface area contributed by atoms with Crippen molar-refractivity contribution in [3.63, 3.8) is 0 Å². The van der Waals surface area contributed by atoms with Crippen molar-refractivity contribution < 1.29 is 27.8 Å². The molecule has 1 aromatic carbocycles. The number of halogens is 2. The van der Waals surface area contributed by atoms with E-state index in [1.165, 1.54) is 12.1 Å². The topological polar surface area (TPSA) is 89.6 Å². The van der Waals surface area contributed by atoms with E-state index in [4.69, 9.17) is 0 Å². The SMILES string of the molecule is O=C(NCc1ccccn1)C(=O)Nc1ccc2c(c1)OC(F)(F)O2. The molecule has 7 nitrogen and oxygen atoms in total. The van der Waals surface area contributed by atoms with Crippen LogP contribution in [-0.4, -0.2) is 23.1 Å². The Kier molecular flexibility index (Phi) is 3.98. The molecule has 0 saturated heterocycles. The van der Waals surface area contributed by atoms with Gasteiger partial charge >= 0.3 is 18.1 Å². The summed E-state index contributed by atoms with van der Waals surface area (Å²) in [4.78, 5) is 27.5. The first kappa shape index (κ1) is 15.7. The van der Waals surface area contributed by atoms with Gasteiger partial charge in [0.25, 0.3) is 0 Å². The number of nitrogens with zero attached hydrogens (tertiary/aromatic N) is 1. The van der Waals surface area contributed by atoms with Gasteiger partial charge in [-0.15, -0.1) is 8.78 Å². The standard InChI is InChI=1S/C15H11F2N3O4/c16-15(17)23-11-5-4-9(7-12(11)24-15)20-14(22)13(21)19-8-10-3-1-2-6-18-10/h1-7H,8H2,(H,19,21)(H,20,22).